The van der Waals surface area contributed by atoms with Crippen LogP contribution in [0.3, 0.4) is 0 Å². The Bertz CT molecular complexity index is 1220. The normalized spacial score (nSPS) is 11.6. The van der Waals surface area contributed by atoms with Gasteiger partial charge in [-0.25, -0.2) is 13.2 Å². The fraction of sp³-hybridized carbons (Fsp3) is 0.200. The molecule has 0 saturated heterocycles. The number of carbonyl (C=O) groups is 2. The summed E-state index contributed by atoms with van der Waals surface area (Å²) < 4.78 is 24.8. The van der Waals surface area contributed by atoms with Crippen LogP contribution in [0.5, 0.6) is 0 Å². The molecule has 0 radical (unpaired) electrons. The molecule has 1 aromatic carbocycles. The molecule has 0 bridgehead atoms. The lowest BCUT2D eigenvalue weighted by Gasteiger charge is -2.07. The van der Waals surface area contributed by atoms with E-state index in [0.29, 0.717) is 11.1 Å². The minimum absolute atomic E-state index is 0.0116. The van der Waals surface area contributed by atoms with Crippen molar-refractivity contribution >= 4 is 61.0 Å². The number of thiophene rings is 2. The highest BCUT2D eigenvalue weighted by atomic mass is 35.5. The predicted octanol–water partition coefficient (Wildman–Crippen LogP) is 5.57. The lowest BCUT2D eigenvalue weighted by atomic mass is 10.0. The molecule has 158 valence electrons. The molecule has 0 saturated carbocycles. The average molecular weight is 484 g/mol. The number of benzene rings is 1. The second kappa shape index (κ2) is 8.50. The van der Waals surface area contributed by atoms with E-state index in [1.165, 1.54) is 19.2 Å². The van der Waals surface area contributed by atoms with Crippen LogP contribution in [0.25, 0.3) is 11.1 Å². The fourth-order valence-electron chi connectivity index (χ4n) is 2.69. The number of rotatable bonds is 6. The molecule has 2 heterocycles. The SMILES string of the molecule is Cc1ccc(-c2csc(NC(=O)c3scc(S(=O)(=O)C(C)C)c3Cl)c2C(=O)O)cc1. The zero-order valence-electron chi connectivity index (χ0n) is 16.2. The Balaban J connectivity index is 1.96. The van der Waals surface area contributed by atoms with E-state index in [1.54, 1.807) is 5.38 Å². The summed E-state index contributed by atoms with van der Waals surface area (Å²) >= 11 is 8.17. The molecule has 0 spiro atoms. The summed E-state index contributed by atoms with van der Waals surface area (Å²) in [5, 5.41) is 14.6. The first-order valence-corrected chi connectivity index (χ1v) is 12.5. The van der Waals surface area contributed by atoms with Crippen LogP contribution in [0, 0.1) is 6.92 Å². The van der Waals surface area contributed by atoms with Gasteiger partial charge in [-0.2, -0.15) is 0 Å². The molecule has 0 aliphatic rings. The average Bonchev–Trinajstić information content (AvgIpc) is 3.26. The Kier molecular flexibility index (Phi) is 6.37. The van der Waals surface area contributed by atoms with Crippen LogP contribution in [0.15, 0.2) is 39.9 Å². The van der Waals surface area contributed by atoms with Gasteiger partial charge in [0, 0.05) is 16.3 Å². The van der Waals surface area contributed by atoms with Crippen molar-refractivity contribution in [3.05, 3.63) is 56.1 Å². The molecule has 3 rings (SSSR count). The molecule has 2 aromatic heterocycles. The van der Waals surface area contributed by atoms with E-state index < -0.39 is 27.0 Å². The molecule has 2 N–H and O–H groups in total. The lowest BCUT2D eigenvalue weighted by Crippen LogP contribution is -2.15. The van der Waals surface area contributed by atoms with Crippen LogP contribution in [0.4, 0.5) is 5.00 Å². The smallest absolute Gasteiger partial charge is 0.339 e. The number of carbonyl (C=O) groups excluding carboxylic acids is 1. The van der Waals surface area contributed by atoms with E-state index >= 15 is 0 Å². The Morgan fingerprint density at radius 1 is 1.10 bits per heavy atom. The van der Waals surface area contributed by atoms with Crippen molar-refractivity contribution in [3.63, 3.8) is 0 Å². The van der Waals surface area contributed by atoms with Gasteiger partial charge in [0.1, 0.15) is 15.4 Å². The van der Waals surface area contributed by atoms with E-state index in [0.717, 1.165) is 28.2 Å². The van der Waals surface area contributed by atoms with E-state index in [-0.39, 0.29) is 25.4 Å². The largest absolute Gasteiger partial charge is 0.478 e. The Hall–Kier alpha value is -2.20. The number of amides is 1. The number of carboxylic acid groups (broad SMARTS) is 1. The fourth-order valence-corrected chi connectivity index (χ4v) is 6.63. The molecule has 0 atom stereocenters. The van der Waals surface area contributed by atoms with Crippen LogP contribution in [-0.4, -0.2) is 30.7 Å². The van der Waals surface area contributed by atoms with E-state index in [1.807, 2.05) is 31.2 Å². The quantitative estimate of drug-likeness (QED) is 0.477. The summed E-state index contributed by atoms with van der Waals surface area (Å²) in [4.78, 5) is 24.5. The molecule has 10 heteroatoms. The highest BCUT2D eigenvalue weighted by Gasteiger charge is 2.29. The third kappa shape index (κ3) is 4.15. The maximum absolute atomic E-state index is 12.7. The molecule has 0 fully saturated rings. The number of sulfone groups is 1. The van der Waals surface area contributed by atoms with Gasteiger partial charge in [-0.05, 0) is 26.3 Å². The molecule has 0 aliphatic carbocycles. The maximum Gasteiger partial charge on any atom is 0.339 e. The molecule has 6 nitrogen and oxygen atoms in total. The number of hydrogen-bond donors (Lipinski definition) is 2. The standard InChI is InChI=1S/C20H18ClNO5S3/c1-10(2)30(26,27)14-9-28-17(16(14)21)18(23)22-19-15(20(24)25)13(8-29-19)12-6-4-11(3)5-7-12/h4-10H,1-3H3,(H,22,23)(H,24,25). The number of carboxylic acids is 1. The van der Waals surface area contributed by atoms with Gasteiger partial charge in [-0.15, -0.1) is 22.7 Å². The van der Waals surface area contributed by atoms with Gasteiger partial charge in [-0.3, -0.25) is 4.79 Å². The minimum Gasteiger partial charge on any atom is -0.478 e. The first-order chi connectivity index (χ1) is 14.0. The van der Waals surface area contributed by atoms with Gasteiger partial charge in [0.15, 0.2) is 9.84 Å². The van der Waals surface area contributed by atoms with E-state index in [2.05, 4.69) is 5.32 Å². The predicted molar refractivity (Wildman–Crippen MR) is 121 cm³/mol. The number of halogens is 1. The van der Waals surface area contributed by atoms with Gasteiger partial charge in [0.05, 0.1) is 15.2 Å². The molecular formula is C20H18ClNO5S3. The Morgan fingerprint density at radius 3 is 2.30 bits per heavy atom. The molecule has 0 aliphatic heterocycles. The molecule has 0 unspecified atom stereocenters. The summed E-state index contributed by atoms with van der Waals surface area (Å²) in [5.74, 6) is -1.84. The van der Waals surface area contributed by atoms with Crippen molar-refractivity contribution in [1.29, 1.82) is 0 Å². The van der Waals surface area contributed by atoms with Crippen LogP contribution in [0.1, 0.15) is 39.4 Å². The third-order valence-electron chi connectivity index (χ3n) is 4.43. The van der Waals surface area contributed by atoms with Crippen LogP contribution < -0.4 is 5.32 Å². The summed E-state index contributed by atoms with van der Waals surface area (Å²) in [6, 6.07) is 7.38. The molecule has 3 aromatic rings. The molecule has 1 amide bonds. The molecular weight excluding hydrogens is 466 g/mol. The maximum atomic E-state index is 12.7. The van der Waals surface area contributed by atoms with Gasteiger partial charge >= 0.3 is 5.97 Å². The second-order valence-corrected chi connectivity index (χ2v) is 11.4. The van der Waals surface area contributed by atoms with Gasteiger partial charge < -0.3 is 10.4 Å². The van der Waals surface area contributed by atoms with E-state index in [9.17, 15) is 23.1 Å². The summed E-state index contributed by atoms with van der Waals surface area (Å²) in [5.41, 5.74) is 2.22. The van der Waals surface area contributed by atoms with Gasteiger partial charge in [-0.1, -0.05) is 41.4 Å². The van der Waals surface area contributed by atoms with Gasteiger partial charge in [0.25, 0.3) is 5.91 Å². The van der Waals surface area contributed by atoms with Crippen molar-refractivity contribution in [1.82, 2.24) is 0 Å². The van der Waals surface area contributed by atoms with Crippen molar-refractivity contribution in [2.24, 2.45) is 0 Å². The Morgan fingerprint density at radius 2 is 1.73 bits per heavy atom. The van der Waals surface area contributed by atoms with Crippen LogP contribution >= 0.6 is 34.3 Å². The number of nitrogens with one attached hydrogen (secondary N) is 1. The summed E-state index contributed by atoms with van der Waals surface area (Å²) in [7, 11) is -3.64. The van der Waals surface area contributed by atoms with Gasteiger partial charge in [0.2, 0.25) is 0 Å². The number of anilines is 1. The monoisotopic (exact) mass is 483 g/mol. The number of aromatic carboxylic acids is 1. The summed E-state index contributed by atoms with van der Waals surface area (Å²) in [6.45, 7) is 4.99. The zero-order chi connectivity index (χ0) is 22.2. The third-order valence-corrected chi connectivity index (χ3v) is 9.24. The first-order valence-electron chi connectivity index (χ1n) is 8.78. The zero-order valence-corrected chi connectivity index (χ0v) is 19.4. The Labute approximate surface area is 187 Å². The highest BCUT2D eigenvalue weighted by molar-refractivity contribution is 7.92. The highest BCUT2D eigenvalue weighted by Crippen LogP contribution is 2.38. The summed E-state index contributed by atoms with van der Waals surface area (Å²) in [6.07, 6.45) is 0. The van der Waals surface area contributed by atoms with E-state index in [4.69, 9.17) is 11.6 Å². The van der Waals surface area contributed by atoms with Crippen LogP contribution in [-0.2, 0) is 9.84 Å². The topological polar surface area (TPSA) is 101 Å². The number of aryl methyl sites for hydroxylation is 1. The first kappa shape index (κ1) is 22.5. The van der Waals surface area contributed by atoms with Crippen molar-refractivity contribution < 1.29 is 23.1 Å². The molecule has 30 heavy (non-hydrogen) atoms. The lowest BCUT2D eigenvalue weighted by molar-refractivity contribution is 0.0699. The second-order valence-electron chi connectivity index (χ2n) is 6.82. The van der Waals surface area contributed by atoms with Crippen molar-refractivity contribution in [2.45, 2.75) is 30.9 Å². The van der Waals surface area contributed by atoms with Crippen molar-refractivity contribution in [3.8, 4) is 11.1 Å². The van der Waals surface area contributed by atoms with Crippen LogP contribution in [0.2, 0.25) is 5.02 Å². The number of hydrogen-bond acceptors (Lipinski definition) is 6. The van der Waals surface area contributed by atoms with Crippen molar-refractivity contribution in [2.75, 3.05) is 5.32 Å². The minimum atomic E-state index is -3.64.